The first kappa shape index (κ1) is 15.4. The number of esters is 1. The van der Waals surface area contributed by atoms with E-state index in [9.17, 15) is 14.9 Å². The summed E-state index contributed by atoms with van der Waals surface area (Å²) in [5, 5.41) is 22.3. The van der Waals surface area contributed by atoms with Crippen LogP contribution in [-0.2, 0) is 9.53 Å². The standard InChI is InChI=1S/C13H15N3O4/c1-13(2,3)20-12(17)8-15-10-5-4-9(7-14)6-11(10)16(18)19/h4-6,15H,8H2,1-3H3. The number of ether oxygens (including phenoxy) is 1. The van der Waals surface area contributed by atoms with Gasteiger partial charge in [0, 0.05) is 6.07 Å². The molecule has 7 heteroatoms. The summed E-state index contributed by atoms with van der Waals surface area (Å²) in [4.78, 5) is 21.8. The van der Waals surface area contributed by atoms with E-state index in [0.29, 0.717) is 0 Å². The Bertz CT molecular complexity index is 570. The van der Waals surface area contributed by atoms with Crippen molar-refractivity contribution in [2.45, 2.75) is 26.4 Å². The summed E-state index contributed by atoms with van der Waals surface area (Å²) in [7, 11) is 0. The van der Waals surface area contributed by atoms with E-state index in [1.807, 2.05) is 6.07 Å². The van der Waals surface area contributed by atoms with Gasteiger partial charge in [-0.2, -0.15) is 5.26 Å². The summed E-state index contributed by atoms with van der Waals surface area (Å²) in [6, 6.07) is 5.80. The van der Waals surface area contributed by atoms with Gasteiger partial charge in [0.15, 0.2) is 0 Å². The Morgan fingerprint density at radius 1 is 1.50 bits per heavy atom. The molecule has 0 unspecified atom stereocenters. The lowest BCUT2D eigenvalue weighted by Crippen LogP contribution is -2.28. The predicted molar refractivity (Wildman–Crippen MR) is 72.1 cm³/mol. The molecule has 0 aromatic heterocycles. The number of benzene rings is 1. The summed E-state index contributed by atoms with van der Waals surface area (Å²) in [5.74, 6) is -0.517. The zero-order valence-electron chi connectivity index (χ0n) is 11.5. The number of nitro groups is 1. The number of rotatable bonds is 4. The topological polar surface area (TPSA) is 105 Å². The van der Waals surface area contributed by atoms with E-state index in [2.05, 4.69) is 5.32 Å². The minimum atomic E-state index is -0.616. The van der Waals surface area contributed by atoms with Crippen molar-refractivity contribution < 1.29 is 14.5 Å². The number of carbonyl (C=O) groups excluding carboxylic acids is 1. The lowest BCUT2D eigenvalue weighted by atomic mass is 10.2. The molecule has 0 saturated carbocycles. The highest BCUT2D eigenvalue weighted by atomic mass is 16.6. The van der Waals surface area contributed by atoms with Crippen molar-refractivity contribution in [2.75, 3.05) is 11.9 Å². The molecule has 0 aliphatic heterocycles. The summed E-state index contributed by atoms with van der Waals surface area (Å²) in [6.45, 7) is 5.00. The fourth-order valence-electron chi connectivity index (χ4n) is 1.45. The number of carbonyl (C=O) groups is 1. The maximum absolute atomic E-state index is 11.5. The Morgan fingerprint density at radius 2 is 2.15 bits per heavy atom. The second-order valence-electron chi connectivity index (χ2n) is 5.04. The highest BCUT2D eigenvalue weighted by Crippen LogP contribution is 2.25. The third-order valence-electron chi connectivity index (χ3n) is 2.17. The van der Waals surface area contributed by atoms with Crippen molar-refractivity contribution in [3.8, 4) is 6.07 Å². The van der Waals surface area contributed by atoms with Crippen molar-refractivity contribution >= 4 is 17.3 Å². The van der Waals surface area contributed by atoms with Gasteiger partial charge in [-0.25, -0.2) is 0 Å². The van der Waals surface area contributed by atoms with Crippen molar-refractivity contribution in [3.05, 3.63) is 33.9 Å². The summed E-state index contributed by atoms with van der Waals surface area (Å²) in [5.41, 5.74) is -0.526. The second-order valence-corrected chi connectivity index (χ2v) is 5.04. The zero-order chi connectivity index (χ0) is 15.3. The van der Waals surface area contributed by atoms with E-state index < -0.39 is 16.5 Å². The molecule has 0 bridgehead atoms. The minimum absolute atomic E-state index is 0.167. The predicted octanol–water partition coefficient (Wildman–Crippen LogP) is 2.22. The quantitative estimate of drug-likeness (QED) is 0.514. The molecule has 0 heterocycles. The van der Waals surface area contributed by atoms with Gasteiger partial charge >= 0.3 is 5.97 Å². The Labute approximate surface area is 116 Å². The highest BCUT2D eigenvalue weighted by Gasteiger charge is 2.18. The first-order valence-corrected chi connectivity index (χ1v) is 5.87. The van der Waals surface area contributed by atoms with Crippen molar-refractivity contribution in [3.63, 3.8) is 0 Å². The SMILES string of the molecule is CC(C)(C)OC(=O)CNc1ccc(C#N)cc1[N+](=O)[O-]. The summed E-state index contributed by atoms with van der Waals surface area (Å²) >= 11 is 0. The number of nitrogens with one attached hydrogen (secondary N) is 1. The lowest BCUT2D eigenvalue weighted by Gasteiger charge is -2.19. The lowest BCUT2D eigenvalue weighted by molar-refractivity contribution is -0.384. The molecule has 1 rings (SSSR count). The molecule has 1 aromatic rings. The van der Waals surface area contributed by atoms with Gasteiger partial charge in [-0.15, -0.1) is 0 Å². The molecule has 1 N–H and O–H groups in total. The Kier molecular flexibility index (Phi) is 4.64. The number of nitrogens with zero attached hydrogens (tertiary/aromatic N) is 2. The van der Waals surface area contributed by atoms with Gasteiger partial charge in [-0.1, -0.05) is 0 Å². The molecular formula is C13H15N3O4. The van der Waals surface area contributed by atoms with Crippen LogP contribution >= 0.6 is 0 Å². The average Bonchev–Trinajstić information content (AvgIpc) is 2.34. The molecule has 0 fully saturated rings. The summed E-state index contributed by atoms with van der Waals surface area (Å²) < 4.78 is 5.08. The van der Waals surface area contributed by atoms with Gasteiger partial charge in [0.2, 0.25) is 0 Å². The highest BCUT2D eigenvalue weighted by molar-refractivity contribution is 5.77. The van der Waals surface area contributed by atoms with Crippen LogP contribution in [0, 0.1) is 21.4 Å². The van der Waals surface area contributed by atoms with Crippen LogP contribution < -0.4 is 5.32 Å². The normalized spacial score (nSPS) is 10.5. The second kappa shape index (κ2) is 6.02. The fourth-order valence-corrected chi connectivity index (χ4v) is 1.45. The molecule has 0 radical (unpaired) electrons. The maximum atomic E-state index is 11.5. The monoisotopic (exact) mass is 277 g/mol. The fraction of sp³-hybridized carbons (Fsp3) is 0.385. The number of hydrogen-bond acceptors (Lipinski definition) is 6. The Morgan fingerprint density at radius 3 is 2.65 bits per heavy atom. The molecule has 0 atom stereocenters. The Balaban J connectivity index is 2.81. The molecule has 0 aliphatic carbocycles. The smallest absolute Gasteiger partial charge is 0.325 e. The van der Waals surface area contributed by atoms with Crippen molar-refractivity contribution in [2.24, 2.45) is 0 Å². The van der Waals surface area contributed by atoms with E-state index in [1.165, 1.54) is 12.1 Å². The maximum Gasteiger partial charge on any atom is 0.325 e. The van der Waals surface area contributed by atoms with Gasteiger partial charge in [-0.3, -0.25) is 14.9 Å². The molecular weight excluding hydrogens is 262 g/mol. The first-order valence-electron chi connectivity index (χ1n) is 5.87. The number of nitro benzene ring substituents is 1. The van der Waals surface area contributed by atoms with Gasteiger partial charge in [0.1, 0.15) is 17.8 Å². The van der Waals surface area contributed by atoms with Crippen LogP contribution in [0.25, 0.3) is 0 Å². The molecule has 0 aliphatic rings. The van der Waals surface area contributed by atoms with E-state index in [-0.39, 0.29) is 23.5 Å². The van der Waals surface area contributed by atoms with Crippen LogP contribution in [0.1, 0.15) is 26.3 Å². The van der Waals surface area contributed by atoms with E-state index in [0.717, 1.165) is 6.07 Å². The average molecular weight is 277 g/mol. The van der Waals surface area contributed by atoms with Crippen LogP contribution in [0.15, 0.2) is 18.2 Å². The van der Waals surface area contributed by atoms with Gasteiger partial charge in [0.05, 0.1) is 16.6 Å². The van der Waals surface area contributed by atoms with Crippen molar-refractivity contribution in [1.29, 1.82) is 5.26 Å². The van der Waals surface area contributed by atoms with Crippen LogP contribution in [-0.4, -0.2) is 23.0 Å². The molecule has 0 saturated heterocycles. The van der Waals surface area contributed by atoms with E-state index in [1.54, 1.807) is 20.8 Å². The van der Waals surface area contributed by atoms with Crippen LogP contribution in [0.5, 0.6) is 0 Å². The molecule has 106 valence electrons. The van der Waals surface area contributed by atoms with E-state index in [4.69, 9.17) is 10.00 Å². The number of hydrogen-bond donors (Lipinski definition) is 1. The van der Waals surface area contributed by atoms with Crippen LogP contribution in [0.4, 0.5) is 11.4 Å². The zero-order valence-corrected chi connectivity index (χ0v) is 11.5. The van der Waals surface area contributed by atoms with Crippen LogP contribution in [0.3, 0.4) is 0 Å². The summed E-state index contributed by atoms with van der Waals surface area (Å²) in [6.07, 6.45) is 0. The van der Waals surface area contributed by atoms with Crippen molar-refractivity contribution in [1.82, 2.24) is 0 Å². The third-order valence-corrected chi connectivity index (χ3v) is 2.17. The molecule has 0 spiro atoms. The number of nitriles is 1. The minimum Gasteiger partial charge on any atom is -0.459 e. The largest absolute Gasteiger partial charge is 0.459 e. The van der Waals surface area contributed by atoms with Gasteiger partial charge in [0.25, 0.3) is 5.69 Å². The molecule has 1 aromatic carbocycles. The van der Waals surface area contributed by atoms with Gasteiger partial charge < -0.3 is 10.1 Å². The van der Waals surface area contributed by atoms with E-state index >= 15 is 0 Å². The molecule has 20 heavy (non-hydrogen) atoms. The molecule has 7 nitrogen and oxygen atoms in total. The van der Waals surface area contributed by atoms with Crippen LogP contribution in [0.2, 0.25) is 0 Å². The third kappa shape index (κ3) is 4.57. The van der Waals surface area contributed by atoms with Gasteiger partial charge in [-0.05, 0) is 32.9 Å². The molecule has 0 amide bonds. The Hall–Kier alpha value is -2.62. The first-order chi connectivity index (χ1) is 9.23. The number of anilines is 1.